The van der Waals surface area contributed by atoms with E-state index in [1.54, 1.807) is 42.5 Å². The number of hydrogen-bond donors (Lipinski definition) is 1. The Hall–Kier alpha value is -3.36. The number of nitrogens with zero attached hydrogens (tertiary/aromatic N) is 1. The van der Waals surface area contributed by atoms with Gasteiger partial charge in [-0.05, 0) is 49.4 Å². The fourth-order valence-corrected chi connectivity index (χ4v) is 5.75. The molecule has 0 atom stereocenters. The number of benzene rings is 4. The normalized spacial score (nSPS) is 11.2. The molecule has 4 rings (SSSR count). The van der Waals surface area contributed by atoms with Gasteiger partial charge in [0.1, 0.15) is 6.54 Å². The summed E-state index contributed by atoms with van der Waals surface area (Å²) in [7, 11) is -4.23. The van der Waals surface area contributed by atoms with Crippen molar-refractivity contribution in [3.8, 4) is 0 Å². The van der Waals surface area contributed by atoms with Crippen LogP contribution >= 0.6 is 34.8 Å². The molecule has 0 saturated heterocycles. The molecular formula is C28H21Cl3N2O4S. The molecule has 10 heteroatoms. The first-order valence-electron chi connectivity index (χ1n) is 11.3. The highest BCUT2D eigenvalue weighted by molar-refractivity contribution is 7.92. The van der Waals surface area contributed by atoms with Gasteiger partial charge in [0.15, 0.2) is 5.78 Å². The number of aryl methyl sites for hydroxylation is 1. The van der Waals surface area contributed by atoms with Crippen molar-refractivity contribution in [2.45, 2.75) is 11.8 Å². The third kappa shape index (κ3) is 6.03. The van der Waals surface area contributed by atoms with Gasteiger partial charge in [-0.25, -0.2) is 8.42 Å². The van der Waals surface area contributed by atoms with Crippen LogP contribution in [-0.4, -0.2) is 26.7 Å². The van der Waals surface area contributed by atoms with Gasteiger partial charge in [-0.3, -0.25) is 13.9 Å². The van der Waals surface area contributed by atoms with Gasteiger partial charge in [-0.15, -0.1) is 0 Å². The van der Waals surface area contributed by atoms with Crippen LogP contribution in [0.2, 0.25) is 15.1 Å². The molecule has 0 aliphatic carbocycles. The molecule has 4 aromatic rings. The lowest BCUT2D eigenvalue weighted by atomic mass is 10.0. The second-order valence-corrected chi connectivity index (χ2v) is 11.4. The van der Waals surface area contributed by atoms with Crippen LogP contribution in [0.25, 0.3) is 0 Å². The van der Waals surface area contributed by atoms with Crippen LogP contribution in [0.5, 0.6) is 0 Å². The third-order valence-corrected chi connectivity index (χ3v) is 8.45. The molecule has 0 heterocycles. The van der Waals surface area contributed by atoms with Gasteiger partial charge in [-0.2, -0.15) is 0 Å². The summed E-state index contributed by atoms with van der Waals surface area (Å²) in [5.41, 5.74) is 1.64. The first kappa shape index (κ1) is 27.7. The third-order valence-electron chi connectivity index (χ3n) is 5.63. The summed E-state index contributed by atoms with van der Waals surface area (Å²) in [6, 6.07) is 23.7. The number of ketones is 1. The smallest absolute Gasteiger partial charge is 0.264 e. The Morgan fingerprint density at radius 1 is 0.842 bits per heavy atom. The SMILES string of the molecule is Cc1ccc(S(=O)(=O)N(CC(=O)Nc2ccc(Cl)cc2C(=O)c2ccccc2)c2cccc(Cl)c2Cl)cc1. The average Bonchev–Trinajstić information content (AvgIpc) is 2.90. The fourth-order valence-electron chi connectivity index (χ4n) is 3.70. The molecular weight excluding hydrogens is 567 g/mol. The van der Waals surface area contributed by atoms with E-state index < -0.39 is 22.5 Å². The second-order valence-electron chi connectivity index (χ2n) is 8.33. The molecule has 4 aromatic carbocycles. The first-order chi connectivity index (χ1) is 18.1. The van der Waals surface area contributed by atoms with E-state index in [1.165, 1.54) is 48.5 Å². The summed E-state index contributed by atoms with van der Waals surface area (Å²) in [5, 5.41) is 3.06. The van der Waals surface area contributed by atoms with Gasteiger partial charge in [-0.1, -0.05) is 88.9 Å². The lowest BCUT2D eigenvalue weighted by molar-refractivity contribution is -0.114. The fraction of sp³-hybridized carbons (Fsp3) is 0.0714. The largest absolute Gasteiger partial charge is 0.324 e. The number of carbonyl (C=O) groups is 2. The maximum Gasteiger partial charge on any atom is 0.264 e. The highest BCUT2D eigenvalue weighted by Crippen LogP contribution is 2.35. The van der Waals surface area contributed by atoms with E-state index in [-0.39, 0.29) is 37.7 Å². The summed E-state index contributed by atoms with van der Waals surface area (Å²) < 4.78 is 28.2. The topological polar surface area (TPSA) is 83.6 Å². The molecule has 38 heavy (non-hydrogen) atoms. The highest BCUT2D eigenvalue weighted by atomic mass is 35.5. The number of sulfonamides is 1. The van der Waals surface area contributed by atoms with Crippen LogP contribution in [0.15, 0.2) is 95.9 Å². The van der Waals surface area contributed by atoms with Crippen LogP contribution < -0.4 is 9.62 Å². The minimum Gasteiger partial charge on any atom is -0.324 e. The quantitative estimate of drug-likeness (QED) is 0.225. The van der Waals surface area contributed by atoms with Crippen molar-refractivity contribution >= 4 is 67.9 Å². The molecule has 0 aromatic heterocycles. The van der Waals surface area contributed by atoms with Gasteiger partial charge < -0.3 is 5.32 Å². The van der Waals surface area contributed by atoms with Crippen LogP contribution in [0.1, 0.15) is 21.5 Å². The molecule has 0 unspecified atom stereocenters. The van der Waals surface area contributed by atoms with Crippen molar-refractivity contribution < 1.29 is 18.0 Å². The zero-order chi connectivity index (χ0) is 27.4. The monoisotopic (exact) mass is 586 g/mol. The number of nitrogens with one attached hydrogen (secondary N) is 1. The number of rotatable bonds is 8. The second kappa shape index (κ2) is 11.6. The lowest BCUT2D eigenvalue weighted by Gasteiger charge is -2.25. The van der Waals surface area contributed by atoms with Crippen molar-refractivity contribution in [2.75, 3.05) is 16.2 Å². The van der Waals surface area contributed by atoms with E-state index in [0.717, 1.165) is 9.87 Å². The number of halogens is 3. The Morgan fingerprint density at radius 2 is 1.53 bits per heavy atom. The molecule has 0 fully saturated rings. The number of anilines is 2. The average molecular weight is 588 g/mol. The Morgan fingerprint density at radius 3 is 2.21 bits per heavy atom. The van der Waals surface area contributed by atoms with E-state index in [4.69, 9.17) is 34.8 Å². The van der Waals surface area contributed by atoms with Crippen molar-refractivity contribution in [3.05, 3.63) is 123 Å². The van der Waals surface area contributed by atoms with E-state index in [0.29, 0.717) is 10.6 Å². The summed E-state index contributed by atoms with van der Waals surface area (Å²) in [4.78, 5) is 26.4. The van der Waals surface area contributed by atoms with Gasteiger partial charge >= 0.3 is 0 Å². The van der Waals surface area contributed by atoms with Crippen molar-refractivity contribution in [2.24, 2.45) is 0 Å². The molecule has 1 amide bonds. The van der Waals surface area contributed by atoms with Gasteiger partial charge in [0.25, 0.3) is 10.0 Å². The van der Waals surface area contributed by atoms with E-state index in [1.807, 2.05) is 6.92 Å². The summed E-state index contributed by atoms with van der Waals surface area (Å²) in [5.74, 6) is -1.06. The predicted octanol–water partition coefficient (Wildman–Crippen LogP) is 7.02. The molecule has 0 saturated carbocycles. The van der Waals surface area contributed by atoms with Crippen molar-refractivity contribution in [3.63, 3.8) is 0 Å². The highest BCUT2D eigenvalue weighted by Gasteiger charge is 2.30. The first-order valence-corrected chi connectivity index (χ1v) is 13.9. The van der Waals surface area contributed by atoms with E-state index in [9.17, 15) is 18.0 Å². The van der Waals surface area contributed by atoms with Crippen molar-refractivity contribution in [1.82, 2.24) is 0 Å². The molecule has 0 aliphatic heterocycles. The van der Waals surface area contributed by atoms with Gasteiger partial charge in [0.05, 0.1) is 26.3 Å². The van der Waals surface area contributed by atoms with Crippen LogP contribution in [0.3, 0.4) is 0 Å². The lowest BCUT2D eigenvalue weighted by Crippen LogP contribution is -2.38. The zero-order valence-electron chi connectivity index (χ0n) is 20.0. The molecule has 6 nitrogen and oxygen atoms in total. The Labute approximate surface area is 235 Å². The molecule has 0 aliphatic rings. The van der Waals surface area contributed by atoms with Gasteiger partial charge in [0.2, 0.25) is 5.91 Å². The molecule has 0 bridgehead atoms. The van der Waals surface area contributed by atoms with Crippen molar-refractivity contribution in [1.29, 1.82) is 0 Å². The molecule has 0 radical (unpaired) electrons. The van der Waals surface area contributed by atoms with Crippen LogP contribution in [0, 0.1) is 6.92 Å². The van der Waals surface area contributed by atoms with Gasteiger partial charge in [0, 0.05) is 16.1 Å². The number of carbonyl (C=O) groups excluding carboxylic acids is 2. The van der Waals surface area contributed by atoms with E-state index in [2.05, 4.69) is 5.32 Å². The van der Waals surface area contributed by atoms with E-state index >= 15 is 0 Å². The Balaban J connectivity index is 1.71. The zero-order valence-corrected chi connectivity index (χ0v) is 23.1. The standard InChI is InChI=1S/C28H21Cl3N2O4S/c1-18-10-13-21(14-11-18)38(36,37)33(25-9-5-8-23(30)27(25)31)17-26(34)32-24-15-12-20(29)16-22(24)28(35)19-6-3-2-4-7-19/h2-16H,17H2,1H3,(H,32,34). The molecule has 194 valence electrons. The minimum absolute atomic E-state index is 0.0240. The minimum atomic E-state index is -4.23. The molecule has 1 N–H and O–H groups in total. The summed E-state index contributed by atoms with van der Waals surface area (Å²) in [6.45, 7) is 1.19. The number of amides is 1. The molecule has 0 spiro atoms. The number of hydrogen-bond acceptors (Lipinski definition) is 4. The maximum atomic E-state index is 13.7. The Kier molecular flexibility index (Phi) is 8.43. The maximum absolute atomic E-state index is 13.7. The summed E-state index contributed by atoms with van der Waals surface area (Å²) >= 11 is 18.7. The Bertz CT molecular complexity index is 1610. The summed E-state index contributed by atoms with van der Waals surface area (Å²) in [6.07, 6.45) is 0. The van der Waals surface area contributed by atoms with Crippen LogP contribution in [0.4, 0.5) is 11.4 Å². The van der Waals surface area contributed by atoms with Crippen LogP contribution in [-0.2, 0) is 14.8 Å². The predicted molar refractivity (Wildman–Crippen MR) is 152 cm³/mol.